The number of aromatic nitrogens is 1. The van der Waals surface area contributed by atoms with Gasteiger partial charge in [-0.3, -0.25) is 9.78 Å². The molecule has 35 heavy (non-hydrogen) atoms. The van der Waals surface area contributed by atoms with Crippen LogP contribution in [-0.4, -0.2) is 25.9 Å². The molecule has 0 spiro atoms. The van der Waals surface area contributed by atoms with Gasteiger partial charge in [0, 0.05) is 19.2 Å². The number of benzene rings is 2. The first kappa shape index (κ1) is 26.4. The molecule has 3 rings (SSSR count). The normalized spacial score (nSPS) is 12.7. The number of carbonyl (C=O) groups is 1. The highest BCUT2D eigenvalue weighted by molar-refractivity contribution is 7.89. The largest absolute Gasteiger partial charge is 0.487 e. The Morgan fingerprint density at radius 2 is 1.77 bits per heavy atom. The third kappa shape index (κ3) is 7.90. The van der Waals surface area contributed by atoms with Crippen molar-refractivity contribution in [1.29, 1.82) is 0 Å². The summed E-state index contributed by atoms with van der Waals surface area (Å²) in [6.07, 6.45) is 1.75. The molecule has 7 nitrogen and oxygen atoms in total. The molecule has 1 aromatic heterocycles. The van der Waals surface area contributed by atoms with Crippen LogP contribution >= 0.6 is 0 Å². The van der Waals surface area contributed by atoms with Crippen LogP contribution in [0.25, 0.3) is 0 Å². The number of sulfonamides is 1. The Kier molecular flexibility index (Phi) is 8.64. The van der Waals surface area contributed by atoms with Gasteiger partial charge in [-0.25, -0.2) is 13.1 Å². The first-order valence-electron chi connectivity index (χ1n) is 11.6. The Morgan fingerprint density at radius 3 is 2.43 bits per heavy atom. The molecule has 1 unspecified atom stereocenters. The second kappa shape index (κ2) is 11.5. The van der Waals surface area contributed by atoms with Gasteiger partial charge in [-0.2, -0.15) is 0 Å². The number of amides is 1. The van der Waals surface area contributed by atoms with E-state index in [2.05, 4.69) is 35.8 Å². The molecule has 0 fully saturated rings. The van der Waals surface area contributed by atoms with E-state index in [4.69, 9.17) is 4.74 Å². The van der Waals surface area contributed by atoms with Crippen LogP contribution in [0.2, 0.25) is 0 Å². The minimum Gasteiger partial charge on any atom is -0.487 e. The van der Waals surface area contributed by atoms with Crippen LogP contribution in [0.4, 0.5) is 0 Å². The van der Waals surface area contributed by atoms with E-state index in [9.17, 15) is 13.2 Å². The maximum atomic E-state index is 12.6. The molecule has 0 saturated heterocycles. The maximum Gasteiger partial charge on any atom is 0.240 e. The van der Waals surface area contributed by atoms with Crippen LogP contribution in [0.15, 0.2) is 77.8 Å². The van der Waals surface area contributed by atoms with Gasteiger partial charge in [0.05, 0.1) is 16.6 Å². The van der Waals surface area contributed by atoms with E-state index >= 15 is 0 Å². The van der Waals surface area contributed by atoms with E-state index in [1.54, 1.807) is 18.3 Å². The lowest BCUT2D eigenvalue weighted by Gasteiger charge is -2.19. The molecular weight excluding hydrogens is 462 g/mol. The van der Waals surface area contributed by atoms with Crippen molar-refractivity contribution < 1.29 is 17.9 Å². The zero-order valence-corrected chi connectivity index (χ0v) is 21.4. The summed E-state index contributed by atoms with van der Waals surface area (Å²) < 4.78 is 33.4. The third-order valence-electron chi connectivity index (χ3n) is 5.52. The number of pyridine rings is 1. The predicted molar refractivity (Wildman–Crippen MR) is 137 cm³/mol. The van der Waals surface area contributed by atoms with Gasteiger partial charge in [0.2, 0.25) is 15.9 Å². The molecule has 2 aromatic carbocycles. The second-order valence-corrected chi connectivity index (χ2v) is 11.2. The van der Waals surface area contributed by atoms with Gasteiger partial charge in [0.1, 0.15) is 12.4 Å². The highest BCUT2D eigenvalue weighted by Crippen LogP contribution is 2.23. The fraction of sp³-hybridized carbons (Fsp3) is 0.333. The van der Waals surface area contributed by atoms with Crippen LogP contribution in [-0.2, 0) is 26.8 Å². The molecular formula is C27H33N3O4S. The predicted octanol–water partition coefficient (Wildman–Crippen LogP) is 4.50. The van der Waals surface area contributed by atoms with Gasteiger partial charge in [-0.15, -0.1) is 0 Å². The van der Waals surface area contributed by atoms with Crippen LogP contribution in [0.5, 0.6) is 5.75 Å². The van der Waals surface area contributed by atoms with Crippen molar-refractivity contribution >= 4 is 15.9 Å². The molecule has 0 aliphatic heterocycles. The lowest BCUT2D eigenvalue weighted by atomic mass is 9.87. The summed E-state index contributed by atoms with van der Waals surface area (Å²) in [7, 11) is -3.69. The van der Waals surface area contributed by atoms with Crippen molar-refractivity contribution in [3.8, 4) is 5.75 Å². The van der Waals surface area contributed by atoms with Gasteiger partial charge in [-0.1, -0.05) is 51.1 Å². The molecule has 1 heterocycles. The smallest absolute Gasteiger partial charge is 0.240 e. The van der Waals surface area contributed by atoms with Crippen LogP contribution < -0.4 is 14.8 Å². The standard InChI is InChI=1S/C27H33N3O4S/c1-20(21-8-7-10-24(18-21)34-19-23-9-5-6-16-28-23)30-26(31)15-17-29-35(32,33)25-13-11-22(12-14-25)27(2,3)4/h5-14,16,18,20,29H,15,17,19H2,1-4H3,(H,30,31). The molecule has 8 heteroatoms. The fourth-order valence-electron chi connectivity index (χ4n) is 3.43. The van der Waals surface area contributed by atoms with Crippen LogP contribution in [0.1, 0.15) is 57.0 Å². The van der Waals surface area contributed by atoms with Crippen molar-refractivity contribution in [2.75, 3.05) is 6.54 Å². The highest BCUT2D eigenvalue weighted by atomic mass is 32.2. The van der Waals surface area contributed by atoms with Crippen molar-refractivity contribution in [3.05, 3.63) is 89.7 Å². The summed E-state index contributed by atoms with van der Waals surface area (Å²) in [6, 6.07) is 19.7. The molecule has 0 radical (unpaired) electrons. The fourth-order valence-corrected chi connectivity index (χ4v) is 4.46. The minimum absolute atomic E-state index is 0.00906. The SMILES string of the molecule is CC(NC(=O)CCNS(=O)(=O)c1ccc(C(C)(C)C)cc1)c1cccc(OCc2ccccn2)c1. The second-order valence-electron chi connectivity index (χ2n) is 9.39. The zero-order valence-electron chi connectivity index (χ0n) is 20.6. The van der Waals surface area contributed by atoms with Crippen molar-refractivity contribution in [3.63, 3.8) is 0 Å². The molecule has 0 saturated carbocycles. The number of rotatable bonds is 10. The first-order chi connectivity index (χ1) is 16.5. The third-order valence-corrected chi connectivity index (χ3v) is 7.00. The number of nitrogens with one attached hydrogen (secondary N) is 2. The number of carbonyl (C=O) groups excluding carboxylic acids is 1. The molecule has 186 valence electrons. The van der Waals surface area contributed by atoms with Crippen LogP contribution in [0, 0.1) is 0 Å². The summed E-state index contributed by atoms with van der Waals surface area (Å²) in [5.41, 5.74) is 2.70. The molecule has 0 bridgehead atoms. The molecule has 0 aliphatic rings. The lowest BCUT2D eigenvalue weighted by Crippen LogP contribution is -2.32. The van der Waals surface area contributed by atoms with E-state index in [0.29, 0.717) is 12.4 Å². The maximum absolute atomic E-state index is 12.6. The quantitative estimate of drug-likeness (QED) is 0.432. The average Bonchev–Trinajstić information content (AvgIpc) is 2.83. The molecule has 2 N–H and O–H groups in total. The van der Waals surface area contributed by atoms with E-state index < -0.39 is 10.0 Å². The zero-order chi connectivity index (χ0) is 25.5. The highest BCUT2D eigenvalue weighted by Gasteiger charge is 2.18. The van der Waals surface area contributed by atoms with E-state index in [0.717, 1.165) is 16.8 Å². The Morgan fingerprint density at radius 1 is 1.03 bits per heavy atom. The molecule has 3 aromatic rings. The molecule has 1 atom stereocenters. The van der Waals surface area contributed by atoms with E-state index in [-0.39, 0.29) is 35.2 Å². The van der Waals surface area contributed by atoms with Crippen molar-refractivity contribution in [2.24, 2.45) is 0 Å². The Labute approximate surface area is 208 Å². The Hall–Kier alpha value is -3.23. The minimum atomic E-state index is -3.69. The van der Waals surface area contributed by atoms with Gasteiger partial charge in [0.15, 0.2) is 0 Å². The lowest BCUT2D eigenvalue weighted by molar-refractivity contribution is -0.121. The van der Waals surface area contributed by atoms with Crippen LogP contribution in [0.3, 0.4) is 0 Å². The molecule has 0 aliphatic carbocycles. The van der Waals surface area contributed by atoms with Gasteiger partial charge < -0.3 is 10.1 Å². The van der Waals surface area contributed by atoms with Crippen molar-refractivity contribution in [2.45, 2.75) is 57.1 Å². The van der Waals surface area contributed by atoms with Gasteiger partial charge in [-0.05, 0) is 59.9 Å². The average molecular weight is 496 g/mol. The summed E-state index contributed by atoms with van der Waals surface area (Å²) in [5.74, 6) is 0.433. The summed E-state index contributed by atoms with van der Waals surface area (Å²) >= 11 is 0. The monoisotopic (exact) mass is 495 g/mol. The Balaban J connectivity index is 1.48. The van der Waals surface area contributed by atoms with Crippen molar-refractivity contribution in [1.82, 2.24) is 15.0 Å². The number of nitrogens with zero attached hydrogens (tertiary/aromatic N) is 1. The summed E-state index contributed by atoms with van der Waals surface area (Å²) in [6.45, 7) is 8.44. The van der Waals surface area contributed by atoms with Gasteiger partial charge in [0.25, 0.3) is 0 Å². The summed E-state index contributed by atoms with van der Waals surface area (Å²) in [4.78, 5) is 16.8. The number of hydrogen-bond acceptors (Lipinski definition) is 5. The van der Waals surface area contributed by atoms with E-state index in [1.807, 2.05) is 61.5 Å². The van der Waals surface area contributed by atoms with E-state index in [1.165, 1.54) is 0 Å². The number of ether oxygens (including phenoxy) is 1. The number of hydrogen-bond donors (Lipinski definition) is 2. The van der Waals surface area contributed by atoms with Gasteiger partial charge >= 0.3 is 0 Å². The summed E-state index contributed by atoms with van der Waals surface area (Å²) in [5, 5.41) is 2.91. The first-order valence-corrected chi connectivity index (χ1v) is 13.1. The molecule has 1 amide bonds. The topological polar surface area (TPSA) is 97.4 Å². The Bertz CT molecular complexity index is 1220.